The van der Waals surface area contributed by atoms with Crippen LogP contribution < -0.4 is 19.5 Å². The van der Waals surface area contributed by atoms with Gasteiger partial charge in [-0.25, -0.2) is 4.68 Å². The van der Waals surface area contributed by atoms with E-state index < -0.39 is 36.1 Å². The van der Waals surface area contributed by atoms with Gasteiger partial charge in [-0.3, -0.25) is 9.59 Å². The van der Waals surface area contributed by atoms with Gasteiger partial charge in [0.25, 0.3) is 0 Å². The quantitative estimate of drug-likeness (QED) is 0.527. The lowest BCUT2D eigenvalue weighted by atomic mass is 9.85. The summed E-state index contributed by atoms with van der Waals surface area (Å²) >= 11 is 0. The average Bonchev–Trinajstić information content (AvgIpc) is 3.21. The van der Waals surface area contributed by atoms with Crippen molar-refractivity contribution < 1.29 is 37.7 Å². The number of aliphatic hydroxyl groups excluding tert-OH is 1. The molecular formula is C25H31F2N5O6. The molecule has 11 nitrogen and oxygen atoms in total. The number of hydrogen-bond acceptors (Lipinski definition) is 8. The van der Waals surface area contributed by atoms with Crippen molar-refractivity contribution in [3.63, 3.8) is 0 Å². The number of amides is 2. The van der Waals surface area contributed by atoms with E-state index in [9.17, 15) is 23.5 Å². The predicted molar refractivity (Wildman–Crippen MR) is 128 cm³/mol. The van der Waals surface area contributed by atoms with E-state index >= 15 is 0 Å². The number of aromatic nitrogens is 3. The van der Waals surface area contributed by atoms with Crippen LogP contribution in [0.2, 0.25) is 0 Å². The van der Waals surface area contributed by atoms with Gasteiger partial charge in [-0.05, 0) is 24.3 Å². The van der Waals surface area contributed by atoms with E-state index in [1.54, 1.807) is 10.9 Å². The zero-order valence-corrected chi connectivity index (χ0v) is 21.4. The second-order valence-corrected chi connectivity index (χ2v) is 11.0. The number of carbonyl (C=O) groups excluding carboxylic acids is 2. The SMILES string of the molecule is CC(C)(C)[C@@H](C(=O)N1CC(O)CC1C(=O)NCc1cc2c(cc1OC(F)F)OCO2)n1cc(C2CC2)nn1. The predicted octanol–water partition coefficient (Wildman–Crippen LogP) is 2.35. The molecular weight excluding hydrogens is 504 g/mol. The first-order valence-electron chi connectivity index (χ1n) is 12.6. The third kappa shape index (κ3) is 5.38. The fourth-order valence-electron chi connectivity index (χ4n) is 4.94. The third-order valence-corrected chi connectivity index (χ3v) is 6.93. The lowest BCUT2D eigenvalue weighted by molar-refractivity contribution is -0.144. The fourth-order valence-corrected chi connectivity index (χ4v) is 4.94. The molecule has 1 aromatic carbocycles. The van der Waals surface area contributed by atoms with Gasteiger partial charge in [0.1, 0.15) is 17.8 Å². The summed E-state index contributed by atoms with van der Waals surface area (Å²) < 4.78 is 42.6. The largest absolute Gasteiger partial charge is 0.454 e. The van der Waals surface area contributed by atoms with Crippen molar-refractivity contribution in [1.29, 1.82) is 0 Å². The zero-order valence-electron chi connectivity index (χ0n) is 21.4. The van der Waals surface area contributed by atoms with E-state index in [1.807, 2.05) is 20.8 Å². The minimum absolute atomic E-state index is 0.0164. The van der Waals surface area contributed by atoms with Crippen LogP contribution in [0.15, 0.2) is 18.3 Å². The van der Waals surface area contributed by atoms with Gasteiger partial charge in [-0.1, -0.05) is 26.0 Å². The number of carbonyl (C=O) groups is 2. The maximum absolute atomic E-state index is 13.8. The van der Waals surface area contributed by atoms with Gasteiger partial charge in [-0.15, -0.1) is 5.10 Å². The Morgan fingerprint density at radius 3 is 2.61 bits per heavy atom. The number of nitrogens with one attached hydrogen (secondary N) is 1. The molecule has 38 heavy (non-hydrogen) atoms. The molecule has 206 valence electrons. The summed E-state index contributed by atoms with van der Waals surface area (Å²) in [7, 11) is 0. The van der Waals surface area contributed by atoms with Gasteiger partial charge in [0, 0.05) is 43.3 Å². The summed E-state index contributed by atoms with van der Waals surface area (Å²) in [5.74, 6) is -0.0733. The van der Waals surface area contributed by atoms with Crippen molar-refractivity contribution in [2.24, 2.45) is 5.41 Å². The molecule has 2 aliphatic heterocycles. The van der Waals surface area contributed by atoms with Crippen molar-refractivity contribution in [1.82, 2.24) is 25.2 Å². The number of nitrogens with zero attached hydrogens (tertiary/aromatic N) is 4. The van der Waals surface area contributed by atoms with Crippen LogP contribution in [-0.4, -0.2) is 68.9 Å². The molecule has 2 aromatic rings. The van der Waals surface area contributed by atoms with E-state index in [2.05, 4.69) is 20.4 Å². The molecule has 3 heterocycles. The van der Waals surface area contributed by atoms with Crippen LogP contribution in [0.3, 0.4) is 0 Å². The maximum Gasteiger partial charge on any atom is 0.387 e. The zero-order chi connectivity index (χ0) is 27.2. The number of fused-ring (bicyclic) bond motifs is 1. The fraction of sp³-hybridized carbons (Fsp3) is 0.600. The number of ether oxygens (including phenoxy) is 3. The number of halogens is 2. The summed E-state index contributed by atoms with van der Waals surface area (Å²) in [4.78, 5) is 28.5. The Balaban J connectivity index is 1.33. The van der Waals surface area contributed by atoms with Gasteiger partial charge < -0.3 is 29.5 Å². The van der Waals surface area contributed by atoms with Gasteiger partial charge in [0.05, 0.1) is 11.8 Å². The number of alkyl halides is 2. The van der Waals surface area contributed by atoms with Crippen LogP contribution in [0.4, 0.5) is 8.78 Å². The summed E-state index contributed by atoms with van der Waals surface area (Å²) in [5, 5.41) is 21.6. The van der Waals surface area contributed by atoms with Crippen LogP contribution in [0.1, 0.15) is 63.3 Å². The number of rotatable bonds is 8. The van der Waals surface area contributed by atoms with E-state index in [-0.39, 0.29) is 49.3 Å². The highest BCUT2D eigenvalue weighted by atomic mass is 19.3. The highest BCUT2D eigenvalue weighted by molar-refractivity contribution is 5.90. The number of β-amino-alcohol motifs (C(OH)–C–C–N with tert-alkyl or cyclic N) is 1. The molecule has 0 radical (unpaired) electrons. The molecule has 0 bridgehead atoms. The maximum atomic E-state index is 13.8. The summed E-state index contributed by atoms with van der Waals surface area (Å²) in [5.41, 5.74) is 0.532. The van der Waals surface area contributed by atoms with Crippen molar-refractivity contribution in [2.75, 3.05) is 13.3 Å². The Labute approximate surface area is 218 Å². The van der Waals surface area contributed by atoms with Crippen molar-refractivity contribution in [3.8, 4) is 17.2 Å². The lowest BCUT2D eigenvalue weighted by Gasteiger charge is -2.34. The van der Waals surface area contributed by atoms with E-state index in [0.29, 0.717) is 11.7 Å². The number of aliphatic hydroxyl groups is 1. The molecule has 2 fully saturated rings. The molecule has 3 atom stereocenters. The van der Waals surface area contributed by atoms with Gasteiger partial charge in [0.15, 0.2) is 11.5 Å². The van der Waals surface area contributed by atoms with E-state index in [0.717, 1.165) is 18.5 Å². The standard InChI is InChI=1S/C25H31F2N5O6/c1-25(2,3)21(32-11-16(29-30-32)13-4-5-13)23(35)31-10-15(33)7-17(31)22(34)28-9-14-6-19-20(37-12-36-19)8-18(14)38-24(26)27/h6,8,11,13,15,17,21,24,33H,4-5,7,9-10,12H2,1-3H3,(H,28,34)/t15?,17?,21-/m1/s1. The van der Waals surface area contributed by atoms with E-state index in [1.165, 1.54) is 17.0 Å². The molecule has 1 saturated heterocycles. The first kappa shape index (κ1) is 26.1. The molecule has 2 N–H and O–H groups in total. The summed E-state index contributed by atoms with van der Waals surface area (Å²) in [6, 6.07) is 1.04. The minimum atomic E-state index is -3.07. The second kappa shape index (κ2) is 10.0. The van der Waals surface area contributed by atoms with Gasteiger partial charge in [-0.2, -0.15) is 8.78 Å². The minimum Gasteiger partial charge on any atom is -0.454 e. The monoisotopic (exact) mass is 535 g/mol. The average molecular weight is 536 g/mol. The number of likely N-dealkylation sites (tertiary alicyclic amines) is 1. The molecule has 1 saturated carbocycles. The highest BCUT2D eigenvalue weighted by Crippen LogP contribution is 2.41. The normalized spacial score (nSPS) is 21.6. The first-order valence-corrected chi connectivity index (χ1v) is 12.6. The first-order chi connectivity index (χ1) is 18.0. The lowest BCUT2D eigenvalue weighted by Crippen LogP contribution is -2.50. The molecule has 3 aliphatic rings. The Morgan fingerprint density at radius 2 is 1.95 bits per heavy atom. The van der Waals surface area contributed by atoms with Crippen molar-refractivity contribution in [3.05, 3.63) is 29.6 Å². The number of hydrogen-bond donors (Lipinski definition) is 2. The van der Waals surface area contributed by atoms with E-state index in [4.69, 9.17) is 9.47 Å². The molecule has 2 amide bonds. The third-order valence-electron chi connectivity index (χ3n) is 6.93. The summed E-state index contributed by atoms with van der Waals surface area (Å²) in [6.07, 6.45) is 3.02. The van der Waals surface area contributed by atoms with Crippen LogP contribution in [0, 0.1) is 5.41 Å². The Kier molecular flexibility index (Phi) is 6.88. The van der Waals surface area contributed by atoms with Crippen molar-refractivity contribution >= 4 is 11.8 Å². The Hall–Kier alpha value is -3.48. The van der Waals surface area contributed by atoms with Crippen LogP contribution in [0.5, 0.6) is 17.2 Å². The molecule has 13 heteroatoms. The van der Waals surface area contributed by atoms with Crippen LogP contribution in [-0.2, 0) is 16.1 Å². The van der Waals surface area contributed by atoms with Gasteiger partial charge >= 0.3 is 6.61 Å². The molecule has 5 rings (SSSR count). The Morgan fingerprint density at radius 1 is 1.24 bits per heavy atom. The summed E-state index contributed by atoms with van der Waals surface area (Å²) in [6.45, 7) is 2.40. The van der Waals surface area contributed by atoms with Crippen molar-refractivity contribution in [2.45, 2.75) is 77.3 Å². The topological polar surface area (TPSA) is 128 Å². The molecule has 0 spiro atoms. The molecule has 1 aromatic heterocycles. The molecule has 1 aliphatic carbocycles. The smallest absolute Gasteiger partial charge is 0.387 e. The Bertz CT molecular complexity index is 1210. The highest BCUT2D eigenvalue weighted by Gasteiger charge is 2.45. The van der Waals surface area contributed by atoms with Crippen LogP contribution >= 0.6 is 0 Å². The van der Waals surface area contributed by atoms with Gasteiger partial charge in [0.2, 0.25) is 18.6 Å². The molecule has 2 unspecified atom stereocenters. The van der Waals surface area contributed by atoms with Crippen LogP contribution in [0.25, 0.3) is 0 Å². The second-order valence-electron chi connectivity index (χ2n) is 11.0. The number of benzene rings is 1.